The molecule has 8 heteroatoms. The number of para-hydroxylation sites is 2. The zero-order chi connectivity index (χ0) is 21.9. The average Bonchev–Trinajstić information content (AvgIpc) is 2.70. The Bertz CT molecular complexity index is 762. The van der Waals surface area contributed by atoms with E-state index < -0.39 is 0 Å². The molecule has 0 bridgehead atoms. The van der Waals surface area contributed by atoms with Crippen LogP contribution in [0, 0.1) is 0 Å². The standard InChI is InChI=1S/C22H24Cl4N2O2/c23-15-9-7-10-16(24)21(15)27-19(29)13-5-3-1-2-4-6-14-20(30)28-22-17(25)11-8-12-18(22)26/h7-12H,1-6,13-14H2,(H,27,29)(H,28,30). The number of halogens is 4. The molecule has 0 heterocycles. The monoisotopic (exact) mass is 488 g/mol. The van der Waals surface area contributed by atoms with Crippen LogP contribution in [-0.4, -0.2) is 11.8 Å². The molecule has 0 radical (unpaired) electrons. The van der Waals surface area contributed by atoms with E-state index in [0.717, 1.165) is 38.5 Å². The molecule has 2 aromatic carbocycles. The first-order chi connectivity index (χ1) is 14.4. The number of hydrogen-bond donors (Lipinski definition) is 2. The number of anilines is 2. The molecule has 0 aliphatic carbocycles. The normalized spacial score (nSPS) is 10.7. The van der Waals surface area contributed by atoms with E-state index in [4.69, 9.17) is 46.4 Å². The number of nitrogens with one attached hydrogen (secondary N) is 2. The number of unbranched alkanes of at least 4 members (excludes halogenated alkanes) is 5. The molecule has 0 aliphatic heterocycles. The SMILES string of the molecule is O=C(CCCCCCCCC(=O)Nc1c(Cl)cccc1Cl)Nc1c(Cl)cccc1Cl. The maximum absolute atomic E-state index is 12.0. The Hall–Kier alpha value is -1.46. The quantitative estimate of drug-likeness (QED) is 0.314. The highest BCUT2D eigenvalue weighted by atomic mass is 35.5. The van der Waals surface area contributed by atoms with Gasteiger partial charge in [-0.1, -0.05) is 84.2 Å². The maximum Gasteiger partial charge on any atom is 0.224 e. The summed E-state index contributed by atoms with van der Waals surface area (Å²) < 4.78 is 0. The molecule has 2 rings (SSSR count). The fraction of sp³-hybridized carbons (Fsp3) is 0.364. The average molecular weight is 490 g/mol. The molecule has 2 N–H and O–H groups in total. The molecule has 2 aromatic rings. The Morgan fingerprint density at radius 1 is 0.567 bits per heavy atom. The number of benzene rings is 2. The molecule has 0 saturated carbocycles. The van der Waals surface area contributed by atoms with Gasteiger partial charge in [0.15, 0.2) is 0 Å². The van der Waals surface area contributed by atoms with Crippen molar-refractivity contribution in [2.45, 2.75) is 51.4 Å². The van der Waals surface area contributed by atoms with E-state index in [1.807, 2.05) is 0 Å². The topological polar surface area (TPSA) is 58.2 Å². The van der Waals surface area contributed by atoms with Crippen LogP contribution in [0.4, 0.5) is 11.4 Å². The summed E-state index contributed by atoms with van der Waals surface area (Å²) in [4.78, 5) is 24.1. The lowest BCUT2D eigenvalue weighted by Crippen LogP contribution is -2.12. The summed E-state index contributed by atoms with van der Waals surface area (Å²) in [6.07, 6.45) is 6.34. The van der Waals surface area contributed by atoms with Crippen molar-refractivity contribution in [3.05, 3.63) is 56.5 Å². The third kappa shape index (κ3) is 8.35. The molecule has 0 atom stereocenters. The number of amides is 2. The van der Waals surface area contributed by atoms with E-state index in [2.05, 4.69) is 10.6 Å². The highest BCUT2D eigenvalue weighted by Gasteiger charge is 2.10. The Labute approximate surface area is 197 Å². The van der Waals surface area contributed by atoms with Gasteiger partial charge in [-0.3, -0.25) is 9.59 Å². The molecule has 0 unspecified atom stereocenters. The maximum atomic E-state index is 12.0. The minimum absolute atomic E-state index is 0.0973. The van der Waals surface area contributed by atoms with Gasteiger partial charge in [0.05, 0.1) is 31.5 Å². The number of carbonyl (C=O) groups is 2. The van der Waals surface area contributed by atoms with Crippen molar-refractivity contribution in [2.75, 3.05) is 10.6 Å². The molecule has 0 spiro atoms. The van der Waals surface area contributed by atoms with Crippen LogP contribution in [0.2, 0.25) is 20.1 Å². The van der Waals surface area contributed by atoms with Crippen LogP contribution < -0.4 is 10.6 Å². The summed E-state index contributed by atoms with van der Waals surface area (Å²) >= 11 is 24.2. The second kappa shape index (κ2) is 13.1. The van der Waals surface area contributed by atoms with Crippen molar-refractivity contribution in [2.24, 2.45) is 0 Å². The van der Waals surface area contributed by atoms with Gasteiger partial charge in [-0.2, -0.15) is 0 Å². The Morgan fingerprint density at radius 3 is 1.20 bits per heavy atom. The van der Waals surface area contributed by atoms with Crippen LogP contribution in [0.3, 0.4) is 0 Å². The summed E-state index contributed by atoms with van der Waals surface area (Å²) in [5.41, 5.74) is 0.921. The molecule has 4 nitrogen and oxygen atoms in total. The fourth-order valence-electron chi connectivity index (χ4n) is 2.92. The highest BCUT2D eigenvalue weighted by molar-refractivity contribution is 6.40. The number of rotatable bonds is 11. The number of hydrogen-bond acceptors (Lipinski definition) is 2. The van der Waals surface area contributed by atoms with Gasteiger partial charge in [0.2, 0.25) is 11.8 Å². The largest absolute Gasteiger partial charge is 0.324 e. The van der Waals surface area contributed by atoms with E-state index in [1.54, 1.807) is 36.4 Å². The highest BCUT2D eigenvalue weighted by Crippen LogP contribution is 2.31. The van der Waals surface area contributed by atoms with Crippen LogP contribution in [0.5, 0.6) is 0 Å². The minimum atomic E-state index is -0.0973. The van der Waals surface area contributed by atoms with Crippen molar-refractivity contribution < 1.29 is 9.59 Å². The van der Waals surface area contributed by atoms with Gasteiger partial charge in [-0.05, 0) is 37.1 Å². The van der Waals surface area contributed by atoms with Crippen LogP contribution in [0.15, 0.2) is 36.4 Å². The van der Waals surface area contributed by atoms with Gasteiger partial charge < -0.3 is 10.6 Å². The van der Waals surface area contributed by atoms with Crippen molar-refractivity contribution in [1.82, 2.24) is 0 Å². The molecule has 0 fully saturated rings. The van der Waals surface area contributed by atoms with Crippen LogP contribution >= 0.6 is 46.4 Å². The van der Waals surface area contributed by atoms with E-state index in [0.29, 0.717) is 44.3 Å². The third-order valence-electron chi connectivity index (χ3n) is 4.51. The molecule has 30 heavy (non-hydrogen) atoms. The molecule has 0 saturated heterocycles. The van der Waals surface area contributed by atoms with Crippen molar-refractivity contribution in [3.8, 4) is 0 Å². The first-order valence-electron chi connectivity index (χ1n) is 9.86. The fourth-order valence-corrected chi connectivity index (χ4v) is 3.90. The van der Waals surface area contributed by atoms with E-state index >= 15 is 0 Å². The van der Waals surface area contributed by atoms with E-state index in [9.17, 15) is 9.59 Å². The van der Waals surface area contributed by atoms with Gasteiger partial charge in [0.1, 0.15) is 0 Å². The van der Waals surface area contributed by atoms with Crippen LogP contribution in [0.25, 0.3) is 0 Å². The van der Waals surface area contributed by atoms with Gasteiger partial charge >= 0.3 is 0 Å². The second-order valence-electron chi connectivity index (χ2n) is 6.91. The molecule has 2 amide bonds. The van der Waals surface area contributed by atoms with Crippen molar-refractivity contribution >= 4 is 69.6 Å². The second-order valence-corrected chi connectivity index (χ2v) is 8.54. The van der Waals surface area contributed by atoms with Crippen LogP contribution in [0.1, 0.15) is 51.4 Å². The minimum Gasteiger partial charge on any atom is -0.324 e. The summed E-state index contributed by atoms with van der Waals surface area (Å²) in [6.45, 7) is 0. The van der Waals surface area contributed by atoms with Gasteiger partial charge in [-0.25, -0.2) is 0 Å². The van der Waals surface area contributed by atoms with E-state index in [-0.39, 0.29) is 11.8 Å². The van der Waals surface area contributed by atoms with Crippen molar-refractivity contribution in [3.63, 3.8) is 0 Å². The predicted octanol–water partition coefficient (Wildman–Crippen LogP) is 8.00. The first kappa shape index (κ1) is 24.8. The predicted molar refractivity (Wildman–Crippen MR) is 127 cm³/mol. The van der Waals surface area contributed by atoms with Gasteiger partial charge in [0, 0.05) is 12.8 Å². The lowest BCUT2D eigenvalue weighted by atomic mass is 10.1. The smallest absolute Gasteiger partial charge is 0.224 e. The first-order valence-corrected chi connectivity index (χ1v) is 11.4. The van der Waals surface area contributed by atoms with Crippen LogP contribution in [-0.2, 0) is 9.59 Å². The Morgan fingerprint density at radius 2 is 0.867 bits per heavy atom. The zero-order valence-corrected chi connectivity index (χ0v) is 19.5. The molecule has 0 aliphatic rings. The molecule has 162 valence electrons. The summed E-state index contributed by atoms with van der Waals surface area (Å²) in [5.74, 6) is -0.195. The van der Waals surface area contributed by atoms with Gasteiger partial charge in [-0.15, -0.1) is 0 Å². The zero-order valence-electron chi connectivity index (χ0n) is 16.4. The summed E-state index contributed by atoms with van der Waals surface area (Å²) in [5, 5.41) is 7.24. The summed E-state index contributed by atoms with van der Waals surface area (Å²) in [7, 11) is 0. The molecular formula is C22H24Cl4N2O2. The number of carbonyl (C=O) groups excluding carboxylic acids is 2. The Kier molecular flexibility index (Phi) is 10.8. The summed E-state index contributed by atoms with van der Waals surface area (Å²) in [6, 6.07) is 10.2. The Balaban J connectivity index is 1.54. The molecular weight excluding hydrogens is 466 g/mol. The van der Waals surface area contributed by atoms with Gasteiger partial charge in [0.25, 0.3) is 0 Å². The lowest BCUT2D eigenvalue weighted by Gasteiger charge is -2.09. The lowest BCUT2D eigenvalue weighted by molar-refractivity contribution is -0.117. The molecule has 0 aromatic heterocycles. The van der Waals surface area contributed by atoms with E-state index in [1.165, 1.54) is 0 Å². The van der Waals surface area contributed by atoms with Crippen molar-refractivity contribution in [1.29, 1.82) is 0 Å². The third-order valence-corrected chi connectivity index (χ3v) is 5.77.